The molecule has 23 heavy (non-hydrogen) atoms. The maximum atomic E-state index is 13.8. The second-order valence-electron chi connectivity index (χ2n) is 5.23. The minimum atomic E-state index is -0.237. The molecule has 0 saturated carbocycles. The summed E-state index contributed by atoms with van der Waals surface area (Å²) in [6, 6.07) is 14.1. The lowest BCUT2D eigenvalue weighted by atomic mass is 10.1. The molecule has 2 aromatic carbocycles. The SMILES string of the molecule is CC(=O)Nc1cccc(-c2nccn2Cc2ccccc2F)c1. The quantitative estimate of drug-likeness (QED) is 0.799. The Hall–Kier alpha value is -2.95. The number of anilines is 1. The molecule has 0 aliphatic heterocycles. The molecule has 1 aromatic heterocycles. The average molecular weight is 309 g/mol. The van der Waals surface area contributed by atoms with E-state index in [2.05, 4.69) is 10.3 Å². The van der Waals surface area contributed by atoms with Crippen LogP contribution < -0.4 is 5.32 Å². The average Bonchev–Trinajstić information content (AvgIpc) is 2.97. The maximum Gasteiger partial charge on any atom is 0.221 e. The zero-order valence-electron chi connectivity index (χ0n) is 12.7. The molecule has 0 aliphatic carbocycles. The van der Waals surface area contributed by atoms with Gasteiger partial charge in [0.25, 0.3) is 0 Å². The summed E-state index contributed by atoms with van der Waals surface area (Å²) in [4.78, 5) is 15.5. The third-order valence-electron chi connectivity index (χ3n) is 3.46. The van der Waals surface area contributed by atoms with Crippen molar-refractivity contribution < 1.29 is 9.18 Å². The van der Waals surface area contributed by atoms with Crippen LogP contribution in [0.1, 0.15) is 12.5 Å². The van der Waals surface area contributed by atoms with Crippen molar-refractivity contribution in [1.29, 1.82) is 0 Å². The van der Waals surface area contributed by atoms with E-state index in [9.17, 15) is 9.18 Å². The van der Waals surface area contributed by atoms with Crippen molar-refractivity contribution in [3.63, 3.8) is 0 Å². The van der Waals surface area contributed by atoms with Crippen LogP contribution in [0.4, 0.5) is 10.1 Å². The highest BCUT2D eigenvalue weighted by Crippen LogP contribution is 2.22. The van der Waals surface area contributed by atoms with E-state index in [1.54, 1.807) is 18.3 Å². The molecule has 5 heteroatoms. The molecule has 0 saturated heterocycles. The molecule has 3 aromatic rings. The van der Waals surface area contributed by atoms with Gasteiger partial charge in [-0.15, -0.1) is 0 Å². The van der Waals surface area contributed by atoms with Gasteiger partial charge >= 0.3 is 0 Å². The molecule has 0 radical (unpaired) electrons. The number of nitrogens with zero attached hydrogens (tertiary/aromatic N) is 2. The molecule has 0 spiro atoms. The van der Waals surface area contributed by atoms with Crippen LogP contribution in [-0.4, -0.2) is 15.5 Å². The molecule has 0 aliphatic rings. The molecular weight excluding hydrogens is 293 g/mol. The Morgan fingerprint density at radius 3 is 2.83 bits per heavy atom. The minimum Gasteiger partial charge on any atom is -0.326 e. The van der Waals surface area contributed by atoms with Crippen LogP contribution in [0.25, 0.3) is 11.4 Å². The number of amides is 1. The van der Waals surface area contributed by atoms with Crippen LogP contribution in [0.5, 0.6) is 0 Å². The summed E-state index contributed by atoms with van der Waals surface area (Å²) in [6.07, 6.45) is 3.49. The number of aromatic nitrogens is 2. The smallest absolute Gasteiger partial charge is 0.221 e. The molecule has 1 amide bonds. The number of benzene rings is 2. The monoisotopic (exact) mass is 309 g/mol. The molecule has 0 fully saturated rings. The van der Waals surface area contributed by atoms with Crippen LogP contribution >= 0.6 is 0 Å². The van der Waals surface area contributed by atoms with Gasteiger partial charge in [0, 0.05) is 36.1 Å². The second kappa shape index (κ2) is 6.44. The van der Waals surface area contributed by atoms with E-state index < -0.39 is 0 Å². The van der Waals surface area contributed by atoms with Gasteiger partial charge in [-0.1, -0.05) is 30.3 Å². The molecule has 0 unspecified atom stereocenters. The van der Waals surface area contributed by atoms with Crippen molar-refractivity contribution in [2.45, 2.75) is 13.5 Å². The van der Waals surface area contributed by atoms with E-state index in [1.807, 2.05) is 41.1 Å². The van der Waals surface area contributed by atoms with Crippen LogP contribution in [0.2, 0.25) is 0 Å². The van der Waals surface area contributed by atoms with Gasteiger partial charge in [0.1, 0.15) is 11.6 Å². The van der Waals surface area contributed by atoms with Crippen LogP contribution in [-0.2, 0) is 11.3 Å². The van der Waals surface area contributed by atoms with Crippen molar-refractivity contribution in [3.8, 4) is 11.4 Å². The van der Waals surface area contributed by atoms with Gasteiger partial charge in [-0.25, -0.2) is 9.37 Å². The van der Waals surface area contributed by atoms with E-state index in [-0.39, 0.29) is 11.7 Å². The highest BCUT2D eigenvalue weighted by atomic mass is 19.1. The molecular formula is C18H16FN3O. The number of hydrogen-bond acceptors (Lipinski definition) is 2. The fourth-order valence-corrected chi connectivity index (χ4v) is 2.45. The zero-order chi connectivity index (χ0) is 16.2. The summed E-state index contributed by atoms with van der Waals surface area (Å²) in [5, 5.41) is 2.75. The van der Waals surface area contributed by atoms with Gasteiger partial charge in [0.15, 0.2) is 0 Å². The van der Waals surface area contributed by atoms with E-state index in [1.165, 1.54) is 13.0 Å². The largest absolute Gasteiger partial charge is 0.326 e. The Labute approximate surface area is 133 Å². The highest BCUT2D eigenvalue weighted by Gasteiger charge is 2.09. The summed E-state index contributed by atoms with van der Waals surface area (Å²) in [5.41, 5.74) is 2.16. The second-order valence-corrected chi connectivity index (χ2v) is 5.23. The lowest BCUT2D eigenvalue weighted by Gasteiger charge is -2.10. The first-order valence-electron chi connectivity index (χ1n) is 7.26. The first-order chi connectivity index (χ1) is 11.1. The van der Waals surface area contributed by atoms with E-state index in [0.29, 0.717) is 17.8 Å². The maximum absolute atomic E-state index is 13.8. The van der Waals surface area contributed by atoms with Crippen molar-refractivity contribution in [2.75, 3.05) is 5.32 Å². The number of halogens is 1. The Bertz CT molecular complexity index is 842. The third-order valence-corrected chi connectivity index (χ3v) is 3.46. The predicted octanol–water partition coefficient (Wildman–Crippen LogP) is 3.70. The standard InChI is InChI=1S/C18H16FN3O/c1-13(23)21-16-7-4-6-14(11-16)18-20-9-10-22(18)12-15-5-2-3-8-17(15)19/h2-11H,12H2,1H3,(H,21,23). The molecule has 116 valence electrons. The van der Waals surface area contributed by atoms with Gasteiger partial charge in [0.2, 0.25) is 5.91 Å². The number of imidazole rings is 1. The summed E-state index contributed by atoms with van der Waals surface area (Å²) in [6.45, 7) is 1.86. The number of carbonyl (C=O) groups is 1. The summed E-state index contributed by atoms with van der Waals surface area (Å²) >= 11 is 0. The van der Waals surface area contributed by atoms with Gasteiger partial charge in [-0.05, 0) is 18.2 Å². The topological polar surface area (TPSA) is 46.9 Å². The van der Waals surface area contributed by atoms with Crippen molar-refractivity contribution >= 4 is 11.6 Å². The normalized spacial score (nSPS) is 10.5. The summed E-state index contributed by atoms with van der Waals surface area (Å²) < 4.78 is 15.7. The van der Waals surface area contributed by atoms with Crippen LogP contribution in [0.3, 0.4) is 0 Å². The van der Waals surface area contributed by atoms with Crippen molar-refractivity contribution in [2.24, 2.45) is 0 Å². The van der Waals surface area contributed by atoms with Crippen LogP contribution in [0.15, 0.2) is 60.9 Å². The Kier molecular flexibility index (Phi) is 4.19. The van der Waals surface area contributed by atoms with Gasteiger partial charge in [0.05, 0.1) is 6.54 Å². The molecule has 0 bridgehead atoms. The Morgan fingerprint density at radius 1 is 1.22 bits per heavy atom. The van der Waals surface area contributed by atoms with Crippen molar-refractivity contribution in [3.05, 3.63) is 72.3 Å². The van der Waals surface area contributed by atoms with Crippen LogP contribution in [0, 0.1) is 5.82 Å². The fraction of sp³-hybridized carbons (Fsp3) is 0.111. The number of rotatable bonds is 4. The summed E-state index contributed by atoms with van der Waals surface area (Å²) in [5.74, 6) is 0.358. The van der Waals surface area contributed by atoms with Gasteiger partial charge in [-0.3, -0.25) is 4.79 Å². The first-order valence-corrected chi connectivity index (χ1v) is 7.26. The Balaban J connectivity index is 1.92. The predicted molar refractivity (Wildman–Crippen MR) is 87.5 cm³/mol. The number of carbonyl (C=O) groups excluding carboxylic acids is 1. The highest BCUT2D eigenvalue weighted by molar-refractivity contribution is 5.89. The lowest BCUT2D eigenvalue weighted by Crippen LogP contribution is -2.06. The molecule has 4 nitrogen and oxygen atoms in total. The third kappa shape index (κ3) is 3.45. The van der Waals surface area contributed by atoms with E-state index in [4.69, 9.17) is 0 Å². The zero-order valence-corrected chi connectivity index (χ0v) is 12.7. The summed E-state index contributed by atoms with van der Waals surface area (Å²) in [7, 11) is 0. The van der Waals surface area contributed by atoms with E-state index in [0.717, 1.165) is 11.4 Å². The minimum absolute atomic E-state index is 0.128. The fourth-order valence-electron chi connectivity index (χ4n) is 2.45. The lowest BCUT2D eigenvalue weighted by molar-refractivity contribution is -0.114. The van der Waals surface area contributed by atoms with E-state index >= 15 is 0 Å². The van der Waals surface area contributed by atoms with Gasteiger partial charge < -0.3 is 9.88 Å². The number of hydrogen-bond donors (Lipinski definition) is 1. The van der Waals surface area contributed by atoms with Gasteiger partial charge in [-0.2, -0.15) is 0 Å². The molecule has 1 heterocycles. The molecule has 0 atom stereocenters. The first kappa shape index (κ1) is 15.0. The Morgan fingerprint density at radius 2 is 2.04 bits per heavy atom. The molecule has 3 rings (SSSR count). The number of nitrogens with one attached hydrogen (secondary N) is 1. The van der Waals surface area contributed by atoms with Crippen molar-refractivity contribution in [1.82, 2.24) is 9.55 Å². The molecule has 1 N–H and O–H groups in total.